The smallest absolute Gasteiger partial charge is 0.330 e. The molecule has 0 heterocycles. The highest BCUT2D eigenvalue weighted by Gasteiger charge is 2.84. The zero-order valence-corrected chi connectivity index (χ0v) is 21.0. The Morgan fingerprint density at radius 2 is 1.56 bits per heavy atom. The van der Waals surface area contributed by atoms with E-state index in [1.165, 1.54) is 30.3 Å². The number of hydrogen-bond acceptors (Lipinski definition) is 6. The standard InChI is InChI=1S/C29H24F4O6/c1-3-37-22-12-10-21(11-13-22)27(17-28(30,31)29(27,32)33)26(36)38-16-19-9-14-24(39-18(2)34)23(15-19)25(35)20-7-5-4-6-8-20/h4-15H,3,16-17H2,1-2H3. The molecule has 1 aliphatic carbocycles. The molecule has 0 aliphatic heterocycles. The molecule has 3 aromatic rings. The van der Waals surface area contributed by atoms with Crippen LogP contribution in [0.1, 0.15) is 47.3 Å². The highest BCUT2D eigenvalue weighted by molar-refractivity contribution is 6.11. The van der Waals surface area contributed by atoms with Crippen molar-refractivity contribution in [3.05, 3.63) is 95.1 Å². The first-order valence-corrected chi connectivity index (χ1v) is 12.0. The molecule has 0 radical (unpaired) electrons. The molecule has 0 aromatic heterocycles. The van der Waals surface area contributed by atoms with Gasteiger partial charge in [0.25, 0.3) is 0 Å². The monoisotopic (exact) mass is 544 g/mol. The van der Waals surface area contributed by atoms with E-state index >= 15 is 0 Å². The lowest BCUT2D eigenvalue weighted by atomic mass is 9.58. The number of carbonyl (C=O) groups excluding carboxylic acids is 3. The van der Waals surface area contributed by atoms with Crippen LogP contribution in [0.15, 0.2) is 72.8 Å². The molecule has 3 aromatic carbocycles. The first kappa shape index (κ1) is 27.8. The highest BCUT2D eigenvalue weighted by Crippen LogP contribution is 2.64. The molecular formula is C29H24F4O6. The van der Waals surface area contributed by atoms with Crippen molar-refractivity contribution in [2.75, 3.05) is 6.61 Å². The lowest BCUT2D eigenvalue weighted by Crippen LogP contribution is -2.72. The third-order valence-corrected chi connectivity index (χ3v) is 6.44. The lowest BCUT2D eigenvalue weighted by molar-refractivity contribution is -0.323. The molecular weight excluding hydrogens is 520 g/mol. The number of halogens is 4. The molecule has 0 bridgehead atoms. The largest absolute Gasteiger partial charge is 0.494 e. The Labute approximate surface area is 221 Å². The first-order chi connectivity index (χ1) is 18.4. The number of esters is 2. The molecule has 0 N–H and O–H groups in total. The van der Waals surface area contributed by atoms with Gasteiger partial charge in [-0.05, 0) is 42.3 Å². The van der Waals surface area contributed by atoms with Gasteiger partial charge in [0.2, 0.25) is 0 Å². The van der Waals surface area contributed by atoms with E-state index in [1.54, 1.807) is 37.3 Å². The Balaban J connectivity index is 1.63. The molecule has 1 unspecified atom stereocenters. The molecule has 39 heavy (non-hydrogen) atoms. The zero-order valence-electron chi connectivity index (χ0n) is 21.0. The molecule has 0 saturated heterocycles. The summed E-state index contributed by atoms with van der Waals surface area (Å²) in [5, 5.41) is 0. The van der Waals surface area contributed by atoms with E-state index in [2.05, 4.69) is 0 Å². The SMILES string of the molecule is CCOc1ccc(C2(C(=O)OCc3ccc(OC(C)=O)c(C(=O)c4ccccc4)c3)CC(F)(F)C2(F)F)cc1. The average Bonchev–Trinajstić information content (AvgIpc) is 2.91. The molecule has 204 valence electrons. The van der Waals surface area contributed by atoms with Gasteiger partial charge in [0, 0.05) is 18.9 Å². The second kappa shape index (κ2) is 10.5. The number of benzene rings is 3. The number of ether oxygens (including phenoxy) is 3. The molecule has 1 atom stereocenters. The van der Waals surface area contributed by atoms with Crippen molar-refractivity contribution in [3.8, 4) is 11.5 Å². The summed E-state index contributed by atoms with van der Waals surface area (Å²) in [4.78, 5) is 37.7. The summed E-state index contributed by atoms with van der Waals surface area (Å²) >= 11 is 0. The van der Waals surface area contributed by atoms with Crippen LogP contribution < -0.4 is 9.47 Å². The molecule has 0 spiro atoms. The summed E-state index contributed by atoms with van der Waals surface area (Å²) in [6, 6.07) is 16.9. The normalized spacial score (nSPS) is 18.9. The summed E-state index contributed by atoms with van der Waals surface area (Å²) < 4.78 is 73.4. The van der Waals surface area contributed by atoms with Gasteiger partial charge in [0.1, 0.15) is 18.1 Å². The van der Waals surface area contributed by atoms with E-state index in [-0.39, 0.29) is 28.0 Å². The van der Waals surface area contributed by atoms with Gasteiger partial charge in [-0.2, -0.15) is 17.6 Å². The van der Waals surface area contributed by atoms with Gasteiger partial charge >= 0.3 is 23.8 Å². The number of alkyl halides is 4. The Morgan fingerprint density at radius 1 is 0.897 bits per heavy atom. The molecule has 1 fully saturated rings. The van der Waals surface area contributed by atoms with Gasteiger partial charge in [-0.15, -0.1) is 0 Å². The zero-order chi connectivity index (χ0) is 28.4. The lowest BCUT2D eigenvalue weighted by Gasteiger charge is -2.51. The number of carbonyl (C=O) groups is 3. The molecule has 1 saturated carbocycles. The number of ketones is 1. The summed E-state index contributed by atoms with van der Waals surface area (Å²) in [7, 11) is 0. The minimum atomic E-state index is -4.71. The third kappa shape index (κ3) is 4.98. The van der Waals surface area contributed by atoms with Crippen LogP contribution in [-0.4, -0.2) is 36.2 Å². The van der Waals surface area contributed by atoms with Crippen molar-refractivity contribution in [1.29, 1.82) is 0 Å². The Morgan fingerprint density at radius 3 is 2.13 bits per heavy atom. The van der Waals surface area contributed by atoms with Crippen LogP contribution in [0, 0.1) is 0 Å². The summed E-state index contributed by atoms with van der Waals surface area (Å²) in [6.07, 6.45) is -1.44. The van der Waals surface area contributed by atoms with Gasteiger partial charge in [-0.25, -0.2) is 0 Å². The Hall–Kier alpha value is -4.21. The third-order valence-electron chi connectivity index (χ3n) is 6.44. The van der Waals surface area contributed by atoms with E-state index in [4.69, 9.17) is 14.2 Å². The average molecular weight is 544 g/mol. The van der Waals surface area contributed by atoms with Crippen LogP contribution in [-0.2, 0) is 26.3 Å². The molecule has 1 aliphatic rings. The highest BCUT2D eigenvalue weighted by atomic mass is 19.3. The fourth-order valence-corrected chi connectivity index (χ4v) is 4.47. The van der Waals surface area contributed by atoms with Crippen LogP contribution >= 0.6 is 0 Å². The van der Waals surface area contributed by atoms with Crippen molar-refractivity contribution in [3.63, 3.8) is 0 Å². The second-order valence-corrected chi connectivity index (χ2v) is 9.01. The quantitative estimate of drug-likeness (QED) is 0.145. The fourth-order valence-electron chi connectivity index (χ4n) is 4.47. The maximum atomic E-state index is 14.9. The van der Waals surface area contributed by atoms with Crippen molar-refractivity contribution >= 4 is 17.7 Å². The minimum absolute atomic E-state index is 0.0355. The maximum absolute atomic E-state index is 14.9. The van der Waals surface area contributed by atoms with Crippen molar-refractivity contribution in [1.82, 2.24) is 0 Å². The minimum Gasteiger partial charge on any atom is -0.494 e. The van der Waals surface area contributed by atoms with Gasteiger partial charge in [-0.3, -0.25) is 14.4 Å². The van der Waals surface area contributed by atoms with Crippen molar-refractivity contribution in [2.45, 2.75) is 44.1 Å². The number of hydrogen-bond donors (Lipinski definition) is 0. The summed E-state index contributed by atoms with van der Waals surface area (Å²) in [6.45, 7) is 2.56. The van der Waals surface area contributed by atoms with E-state index in [9.17, 15) is 31.9 Å². The molecule has 6 nitrogen and oxygen atoms in total. The van der Waals surface area contributed by atoms with Crippen molar-refractivity contribution < 1.29 is 46.2 Å². The maximum Gasteiger partial charge on any atom is 0.330 e. The van der Waals surface area contributed by atoms with E-state index in [0.29, 0.717) is 12.4 Å². The second-order valence-electron chi connectivity index (χ2n) is 9.01. The van der Waals surface area contributed by atoms with E-state index in [0.717, 1.165) is 19.1 Å². The van der Waals surface area contributed by atoms with E-state index < -0.39 is 48.0 Å². The van der Waals surface area contributed by atoms with Gasteiger partial charge in [-0.1, -0.05) is 48.5 Å². The van der Waals surface area contributed by atoms with Gasteiger partial charge < -0.3 is 14.2 Å². The number of rotatable bonds is 9. The van der Waals surface area contributed by atoms with Gasteiger partial charge in [0.15, 0.2) is 11.2 Å². The molecule has 10 heteroatoms. The molecule has 4 rings (SSSR count). The molecule has 0 amide bonds. The van der Waals surface area contributed by atoms with Crippen LogP contribution in [0.25, 0.3) is 0 Å². The Bertz CT molecular complexity index is 1390. The predicted molar refractivity (Wildman–Crippen MR) is 131 cm³/mol. The predicted octanol–water partition coefficient (Wildman–Crippen LogP) is 5.90. The topological polar surface area (TPSA) is 78.9 Å². The van der Waals surface area contributed by atoms with E-state index in [1.807, 2.05) is 0 Å². The summed E-state index contributed by atoms with van der Waals surface area (Å²) in [5.41, 5.74) is -2.81. The van der Waals surface area contributed by atoms with Crippen LogP contribution in [0.3, 0.4) is 0 Å². The van der Waals surface area contributed by atoms with Crippen LogP contribution in [0.4, 0.5) is 17.6 Å². The van der Waals surface area contributed by atoms with Crippen LogP contribution in [0.2, 0.25) is 0 Å². The Kier molecular flexibility index (Phi) is 7.50. The first-order valence-electron chi connectivity index (χ1n) is 12.0. The van der Waals surface area contributed by atoms with Crippen LogP contribution in [0.5, 0.6) is 11.5 Å². The van der Waals surface area contributed by atoms with Crippen molar-refractivity contribution in [2.24, 2.45) is 0 Å². The van der Waals surface area contributed by atoms with Gasteiger partial charge in [0.05, 0.1) is 12.2 Å². The fraction of sp³-hybridized carbons (Fsp3) is 0.276. The summed E-state index contributed by atoms with van der Waals surface area (Å²) in [5.74, 6) is -11.6.